The first-order valence-electron chi connectivity index (χ1n) is 9.51. The maximum atomic E-state index is 12.0. The van der Waals surface area contributed by atoms with Gasteiger partial charge in [0, 0.05) is 18.3 Å². The molecule has 1 aliphatic rings. The molecule has 0 saturated carbocycles. The summed E-state index contributed by atoms with van der Waals surface area (Å²) in [7, 11) is 1.64. The van der Waals surface area contributed by atoms with Crippen molar-refractivity contribution in [3.63, 3.8) is 0 Å². The highest BCUT2D eigenvalue weighted by molar-refractivity contribution is 8.15. The van der Waals surface area contributed by atoms with Crippen LogP contribution in [-0.2, 0) is 17.6 Å². The summed E-state index contributed by atoms with van der Waals surface area (Å²) in [6.45, 7) is 0. The third kappa shape index (κ3) is 4.47. The molecule has 0 aliphatic carbocycles. The topological polar surface area (TPSA) is 75.3 Å². The highest BCUT2D eigenvalue weighted by Crippen LogP contribution is 2.27. The normalized spacial score (nSPS) is 15.8. The van der Waals surface area contributed by atoms with Gasteiger partial charge in [0.1, 0.15) is 0 Å². The SMILES string of the molecule is CNC(=O)c1ccsc1Cc1cccc(-c2ccc(CC3SC(=O)NC3=O)cc2)c1. The van der Waals surface area contributed by atoms with Gasteiger partial charge in [-0.1, -0.05) is 60.3 Å². The van der Waals surface area contributed by atoms with E-state index in [1.54, 1.807) is 18.4 Å². The molecule has 1 aromatic heterocycles. The fourth-order valence-electron chi connectivity index (χ4n) is 3.44. The molecule has 1 unspecified atom stereocenters. The van der Waals surface area contributed by atoms with E-state index in [4.69, 9.17) is 0 Å². The van der Waals surface area contributed by atoms with Gasteiger partial charge in [-0.3, -0.25) is 19.7 Å². The number of amides is 3. The summed E-state index contributed by atoms with van der Waals surface area (Å²) in [5.74, 6) is -0.278. The number of benzene rings is 2. The molecule has 152 valence electrons. The van der Waals surface area contributed by atoms with Gasteiger partial charge in [-0.25, -0.2) is 0 Å². The van der Waals surface area contributed by atoms with Crippen molar-refractivity contribution < 1.29 is 14.4 Å². The number of thiophene rings is 1. The summed E-state index contributed by atoms with van der Waals surface area (Å²) in [5, 5.41) is 6.33. The summed E-state index contributed by atoms with van der Waals surface area (Å²) >= 11 is 2.64. The first-order valence-corrected chi connectivity index (χ1v) is 11.3. The van der Waals surface area contributed by atoms with E-state index in [0.29, 0.717) is 12.8 Å². The first kappa shape index (κ1) is 20.4. The summed E-state index contributed by atoms with van der Waals surface area (Å²) < 4.78 is 0. The largest absolute Gasteiger partial charge is 0.355 e. The third-order valence-electron chi connectivity index (χ3n) is 4.98. The Morgan fingerprint density at radius 1 is 1.03 bits per heavy atom. The smallest absolute Gasteiger partial charge is 0.286 e. The monoisotopic (exact) mass is 436 g/mol. The van der Waals surface area contributed by atoms with E-state index < -0.39 is 0 Å². The van der Waals surface area contributed by atoms with Crippen LogP contribution in [0.4, 0.5) is 4.79 Å². The summed E-state index contributed by atoms with van der Waals surface area (Å²) in [6.07, 6.45) is 1.23. The molecule has 1 atom stereocenters. The van der Waals surface area contributed by atoms with Crippen molar-refractivity contribution in [3.05, 3.63) is 81.5 Å². The van der Waals surface area contributed by atoms with Crippen LogP contribution in [0.1, 0.15) is 26.4 Å². The van der Waals surface area contributed by atoms with Crippen molar-refractivity contribution in [2.24, 2.45) is 0 Å². The van der Waals surface area contributed by atoms with Crippen molar-refractivity contribution in [2.75, 3.05) is 7.05 Å². The molecule has 3 aromatic rings. The number of hydrogen-bond acceptors (Lipinski definition) is 5. The van der Waals surface area contributed by atoms with Crippen LogP contribution < -0.4 is 10.6 Å². The maximum absolute atomic E-state index is 12.0. The maximum Gasteiger partial charge on any atom is 0.286 e. The van der Waals surface area contributed by atoms with Crippen molar-refractivity contribution >= 4 is 40.2 Å². The molecule has 2 heterocycles. The fraction of sp³-hybridized carbons (Fsp3) is 0.174. The molecule has 1 aliphatic heterocycles. The van der Waals surface area contributed by atoms with E-state index in [9.17, 15) is 14.4 Å². The Kier molecular flexibility index (Phi) is 6.01. The highest BCUT2D eigenvalue weighted by Gasteiger charge is 2.31. The minimum absolute atomic E-state index is 0.0613. The van der Waals surface area contributed by atoms with E-state index in [1.165, 1.54) is 0 Å². The second-order valence-electron chi connectivity index (χ2n) is 7.00. The van der Waals surface area contributed by atoms with Crippen LogP contribution in [0.15, 0.2) is 60.0 Å². The molecule has 0 spiro atoms. The molecule has 30 heavy (non-hydrogen) atoms. The Balaban J connectivity index is 1.49. The van der Waals surface area contributed by atoms with E-state index in [0.717, 1.165) is 44.5 Å². The van der Waals surface area contributed by atoms with Gasteiger partial charge in [0.25, 0.3) is 11.1 Å². The Morgan fingerprint density at radius 2 is 1.83 bits per heavy atom. The fourth-order valence-corrected chi connectivity index (χ4v) is 5.20. The molecule has 2 aromatic carbocycles. The van der Waals surface area contributed by atoms with Gasteiger partial charge in [0.05, 0.1) is 10.8 Å². The minimum atomic E-state index is -0.355. The highest BCUT2D eigenvalue weighted by atomic mass is 32.2. The second-order valence-corrected chi connectivity index (χ2v) is 9.17. The zero-order valence-electron chi connectivity index (χ0n) is 16.3. The molecule has 1 fully saturated rings. The van der Waals surface area contributed by atoms with Crippen LogP contribution in [0, 0.1) is 0 Å². The third-order valence-corrected chi connectivity index (χ3v) is 6.89. The Hall–Kier alpha value is -2.90. The van der Waals surface area contributed by atoms with Gasteiger partial charge in [0.15, 0.2) is 0 Å². The number of carbonyl (C=O) groups excluding carboxylic acids is 3. The van der Waals surface area contributed by atoms with Crippen LogP contribution in [-0.4, -0.2) is 29.4 Å². The lowest BCUT2D eigenvalue weighted by Gasteiger charge is -2.09. The predicted molar refractivity (Wildman–Crippen MR) is 121 cm³/mol. The Bertz CT molecular complexity index is 1110. The summed E-state index contributed by atoms with van der Waals surface area (Å²) in [6, 6.07) is 18.2. The molecule has 1 saturated heterocycles. The van der Waals surface area contributed by atoms with Crippen LogP contribution in [0.25, 0.3) is 11.1 Å². The number of carbonyl (C=O) groups is 3. The molecule has 0 bridgehead atoms. The van der Waals surface area contributed by atoms with Gasteiger partial charge in [0.2, 0.25) is 5.91 Å². The van der Waals surface area contributed by atoms with Gasteiger partial charge in [-0.05, 0) is 40.1 Å². The average molecular weight is 437 g/mol. The zero-order chi connectivity index (χ0) is 21.1. The number of nitrogens with one attached hydrogen (secondary N) is 2. The molecule has 5 nitrogen and oxygen atoms in total. The van der Waals surface area contributed by atoms with Crippen molar-refractivity contribution in [1.29, 1.82) is 0 Å². The zero-order valence-corrected chi connectivity index (χ0v) is 17.9. The standard InChI is InChI=1S/C23H20N2O3S2/c1-24-21(26)18-9-10-29-19(18)13-15-3-2-4-17(11-15)16-7-5-14(6-8-16)12-20-22(27)25-23(28)30-20/h2-11,20H,12-13H2,1H3,(H,24,26)(H,25,27,28). The van der Waals surface area contributed by atoms with Crippen LogP contribution >= 0.6 is 23.1 Å². The van der Waals surface area contributed by atoms with Crippen molar-refractivity contribution in [1.82, 2.24) is 10.6 Å². The van der Waals surface area contributed by atoms with E-state index in [2.05, 4.69) is 28.8 Å². The molecule has 4 rings (SSSR count). The second kappa shape index (κ2) is 8.85. The van der Waals surface area contributed by atoms with Crippen LogP contribution in [0.2, 0.25) is 0 Å². The molecular formula is C23H20N2O3S2. The summed E-state index contributed by atoms with van der Waals surface area (Å²) in [4.78, 5) is 36.1. The molecular weight excluding hydrogens is 416 g/mol. The lowest BCUT2D eigenvalue weighted by molar-refractivity contribution is -0.118. The van der Waals surface area contributed by atoms with Gasteiger partial charge < -0.3 is 5.32 Å². The average Bonchev–Trinajstić information content (AvgIpc) is 3.33. The Labute approximate surface area is 182 Å². The number of imide groups is 1. The number of hydrogen-bond donors (Lipinski definition) is 2. The predicted octanol–water partition coefficient (Wildman–Crippen LogP) is 4.26. The van der Waals surface area contributed by atoms with Crippen LogP contribution in [0.3, 0.4) is 0 Å². The van der Waals surface area contributed by atoms with Gasteiger partial charge in [-0.15, -0.1) is 11.3 Å². The molecule has 2 N–H and O–H groups in total. The van der Waals surface area contributed by atoms with Crippen molar-refractivity contribution in [2.45, 2.75) is 18.1 Å². The van der Waals surface area contributed by atoms with Gasteiger partial charge in [-0.2, -0.15) is 0 Å². The summed E-state index contributed by atoms with van der Waals surface area (Å²) in [5.41, 5.74) is 5.07. The number of rotatable bonds is 6. The lowest BCUT2D eigenvalue weighted by atomic mass is 9.99. The van der Waals surface area contributed by atoms with E-state index in [-0.39, 0.29) is 22.3 Å². The van der Waals surface area contributed by atoms with Gasteiger partial charge >= 0.3 is 0 Å². The molecule has 3 amide bonds. The lowest BCUT2D eigenvalue weighted by Crippen LogP contribution is -2.25. The van der Waals surface area contributed by atoms with E-state index in [1.807, 2.05) is 41.8 Å². The van der Waals surface area contributed by atoms with Crippen molar-refractivity contribution in [3.8, 4) is 11.1 Å². The van der Waals surface area contributed by atoms with E-state index >= 15 is 0 Å². The van der Waals surface area contributed by atoms with Crippen LogP contribution in [0.5, 0.6) is 0 Å². The molecule has 7 heteroatoms. The number of thioether (sulfide) groups is 1. The quantitative estimate of drug-likeness (QED) is 0.605. The minimum Gasteiger partial charge on any atom is -0.355 e. The first-order chi connectivity index (χ1) is 14.5. The molecule has 0 radical (unpaired) electrons. The Morgan fingerprint density at radius 3 is 2.53 bits per heavy atom.